The van der Waals surface area contributed by atoms with E-state index < -0.39 is 0 Å². The van der Waals surface area contributed by atoms with E-state index in [-0.39, 0.29) is 11.8 Å². The van der Waals surface area contributed by atoms with Crippen molar-refractivity contribution in [3.8, 4) is 0 Å². The average Bonchev–Trinajstić information content (AvgIpc) is 2.72. The molecule has 1 saturated heterocycles. The number of halogens is 1. The van der Waals surface area contributed by atoms with Gasteiger partial charge in [0.15, 0.2) is 5.65 Å². The van der Waals surface area contributed by atoms with Gasteiger partial charge in [0.05, 0.1) is 31.7 Å². The second kappa shape index (κ2) is 8.30. The van der Waals surface area contributed by atoms with Crippen LogP contribution >= 0.6 is 0 Å². The first-order chi connectivity index (χ1) is 13.3. The number of fused-ring (bicyclic) bond motifs is 1. The van der Waals surface area contributed by atoms with E-state index in [1.54, 1.807) is 30.7 Å². The zero-order valence-electron chi connectivity index (χ0n) is 14.7. The summed E-state index contributed by atoms with van der Waals surface area (Å²) in [6.45, 7) is 4.30. The van der Waals surface area contributed by atoms with Crippen LogP contribution in [0.5, 0.6) is 0 Å². The van der Waals surface area contributed by atoms with Crippen LogP contribution in [-0.2, 0) is 9.57 Å². The molecule has 0 amide bonds. The van der Waals surface area contributed by atoms with Crippen LogP contribution in [0.2, 0.25) is 0 Å². The molecule has 2 aromatic heterocycles. The fourth-order valence-electron chi connectivity index (χ4n) is 2.80. The summed E-state index contributed by atoms with van der Waals surface area (Å²) in [7, 11) is 0. The minimum Gasteiger partial charge on any atom is -0.379 e. The van der Waals surface area contributed by atoms with Crippen molar-refractivity contribution < 1.29 is 14.0 Å². The molecular formula is C18H19FN6O2. The van der Waals surface area contributed by atoms with Crippen molar-refractivity contribution in [2.24, 2.45) is 0 Å². The van der Waals surface area contributed by atoms with Gasteiger partial charge in [-0.25, -0.2) is 19.3 Å². The van der Waals surface area contributed by atoms with Gasteiger partial charge in [0.2, 0.25) is 0 Å². The molecule has 0 radical (unpaired) electrons. The topological polar surface area (TPSA) is 76.5 Å². The lowest BCUT2D eigenvalue weighted by atomic mass is 10.3. The maximum absolute atomic E-state index is 13.7. The molecule has 0 unspecified atom stereocenters. The van der Waals surface area contributed by atoms with Gasteiger partial charge in [-0.3, -0.25) is 9.74 Å². The Morgan fingerprint density at radius 1 is 1.15 bits per heavy atom. The summed E-state index contributed by atoms with van der Waals surface area (Å²) in [5.74, 6) is -0.0922. The van der Waals surface area contributed by atoms with Crippen molar-refractivity contribution >= 4 is 22.8 Å². The lowest BCUT2D eigenvalue weighted by Crippen LogP contribution is -2.39. The second-order valence-corrected chi connectivity index (χ2v) is 6.00. The minimum atomic E-state index is -0.366. The van der Waals surface area contributed by atoms with Gasteiger partial charge in [0.1, 0.15) is 11.3 Å². The largest absolute Gasteiger partial charge is 0.379 e. The van der Waals surface area contributed by atoms with Crippen molar-refractivity contribution in [3.63, 3.8) is 0 Å². The third kappa shape index (κ3) is 4.33. The molecule has 9 heteroatoms. The smallest absolute Gasteiger partial charge is 0.256 e. The van der Waals surface area contributed by atoms with Gasteiger partial charge in [0.25, 0.3) is 5.95 Å². The molecule has 8 nitrogen and oxygen atoms in total. The number of ether oxygens (including phenoxy) is 1. The summed E-state index contributed by atoms with van der Waals surface area (Å²) in [4.78, 5) is 25.3. The molecule has 0 bridgehead atoms. The molecule has 0 N–H and O–H groups in total. The third-order valence-corrected chi connectivity index (χ3v) is 4.17. The SMILES string of the molecule is Fc1cccc(N(OCCN2CCOCC2)c2ncc3nccnc3n2)c1. The van der Waals surface area contributed by atoms with Crippen molar-refractivity contribution in [1.82, 2.24) is 24.8 Å². The van der Waals surface area contributed by atoms with Gasteiger partial charge in [-0.2, -0.15) is 10.0 Å². The fraction of sp³-hybridized carbons (Fsp3) is 0.333. The first-order valence-electron chi connectivity index (χ1n) is 8.72. The first kappa shape index (κ1) is 17.7. The molecule has 1 fully saturated rings. The van der Waals surface area contributed by atoms with Gasteiger partial charge in [0, 0.05) is 38.1 Å². The Morgan fingerprint density at radius 2 is 2.00 bits per heavy atom. The zero-order valence-corrected chi connectivity index (χ0v) is 14.7. The van der Waals surface area contributed by atoms with Crippen LogP contribution < -0.4 is 5.06 Å². The van der Waals surface area contributed by atoms with Crippen molar-refractivity contribution in [2.45, 2.75) is 0 Å². The lowest BCUT2D eigenvalue weighted by molar-refractivity contribution is 0.0200. The zero-order chi connectivity index (χ0) is 18.5. The average molecular weight is 370 g/mol. The molecule has 0 aliphatic carbocycles. The number of anilines is 2. The standard InChI is InChI=1S/C18H19FN6O2/c19-14-2-1-3-15(12-14)25(27-11-8-24-6-9-26-10-7-24)18-22-13-16-17(23-18)21-5-4-20-16/h1-5,12-13H,6-11H2. The first-order valence-corrected chi connectivity index (χ1v) is 8.72. The van der Waals surface area contributed by atoms with E-state index in [1.807, 2.05) is 0 Å². The lowest BCUT2D eigenvalue weighted by Gasteiger charge is -2.28. The molecule has 27 heavy (non-hydrogen) atoms. The fourth-order valence-corrected chi connectivity index (χ4v) is 2.80. The Labute approximate surface area is 155 Å². The minimum absolute atomic E-state index is 0.274. The maximum atomic E-state index is 13.7. The van der Waals surface area contributed by atoms with Gasteiger partial charge in [-0.1, -0.05) is 6.07 Å². The van der Waals surface area contributed by atoms with Crippen LogP contribution in [0, 0.1) is 5.82 Å². The van der Waals surface area contributed by atoms with Crippen LogP contribution in [-0.4, -0.2) is 64.3 Å². The molecule has 1 aliphatic heterocycles. The van der Waals surface area contributed by atoms with Crippen LogP contribution in [0.4, 0.5) is 16.0 Å². The number of hydrogen-bond acceptors (Lipinski definition) is 8. The summed E-state index contributed by atoms with van der Waals surface area (Å²) in [5.41, 5.74) is 1.52. The van der Waals surface area contributed by atoms with Crippen LogP contribution in [0.1, 0.15) is 0 Å². The van der Waals surface area contributed by atoms with E-state index in [4.69, 9.17) is 9.57 Å². The summed E-state index contributed by atoms with van der Waals surface area (Å²) >= 11 is 0. The highest BCUT2D eigenvalue weighted by atomic mass is 19.1. The van der Waals surface area contributed by atoms with Crippen LogP contribution in [0.3, 0.4) is 0 Å². The normalized spacial score (nSPS) is 15.1. The number of nitrogens with zero attached hydrogens (tertiary/aromatic N) is 6. The van der Waals surface area contributed by atoms with Crippen molar-refractivity contribution in [2.75, 3.05) is 44.5 Å². The highest BCUT2D eigenvalue weighted by Gasteiger charge is 2.17. The Kier molecular flexibility index (Phi) is 5.42. The van der Waals surface area contributed by atoms with Crippen molar-refractivity contribution in [1.29, 1.82) is 0 Å². The molecule has 0 atom stereocenters. The predicted molar refractivity (Wildman–Crippen MR) is 96.9 cm³/mol. The predicted octanol–water partition coefficient (Wildman–Crippen LogP) is 1.96. The van der Waals surface area contributed by atoms with E-state index in [0.717, 1.165) is 32.8 Å². The molecule has 3 aromatic rings. The molecular weight excluding hydrogens is 351 g/mol. The van der Waals surface area contributed by atoms with E-state index >= 15 is 0 Å². The third-order valence-electron chi connectivity index (χ3n) is 4.17. The number of aromatic nitrogens is 4. The molecule has 0 saturated carbocycles. The molecule has 0 spiro atoms. The number of benzene rings is 1. The summed E-state index contributed by atoms with van der Waals surface area (Å²) in [6, 6.07) is 6.10. The highest BCUT2D eigenvalue weighted by Crippen LogP contribution is 2.24. The van der Waals surface area contributed by atoms with E-state index in [9.17, 15) is 4.39 Å². The Morgan fingerprint density at radius 3 is 2.85 bits per heavy atom. The van der Waals surface area contributed by atoms with E-state index in [1.165, 1.54) is 17.2 Å². The Bertz CT molecular complexity index is 906. The van der Waals surface area contributed by atoms with Gasteiger partial charge in [-0.05, 0) is 12.1 Å². The highest BCUT2D eigenvalue weighted by molar-refractivity contribution is 5.70. The van der Waals surface area contributed by atoms with E-state index in [0.29, 0.717) is 23.5 Å². The second-order valence-electron chi connectivity index (χ2n) is 6.00. The van der Waals surface area contributed by atoms with Crippen LogP contribution in [0.15, 0.2) is 42.9 Å². The molecule has 4 rings (SSSR count). The number of rotatable bonds is 6. The Hall–Kier alpha value is -2.75. The molecule has 140 valence electrons. The molecule has 1 aliphatic rings. The number of morpholine rings is 1. The molecule has 1 aromatic carbocycles. The quantitative estimate of drug-likeness (QED) is 0.610. The molecule has 3 heterocycles. The van der Waals surface area contributed by atoms with Gasteiger partial charge in [-0.15, -0.1) is 0 Å². The van der Waals surface area contributed by atoms with E-state index in [2.05, 4.69) is 24.8 Å². The van der Waals surface area contributed by atoms with Crippen molar-refractivity contribution in [3.05, 3.63) is 48.7 Å². The monoisotopic (exact) mass is 370 g/mol. The van der Waals surface area contributed by atoms with Crippen LogP contribution in [0.25, 0.3) is 11.2 Å². The number of hydrogen-bond donors (Lipinski definition) is 0. The summed E-state index contributed by atoms with van der Waals surface area (Å²) in [6.07, 6.45) is 4.71. The summed E-state index contributed by atoms with van der Waals surface area (Å²) < 4.78 is 19.1. The Balaban J connectivity index is 1.56. The van der Waals surface area contributed by atoms with Gasteiger partial charge < -0.3 is 4.74 Å². The van der Waals surface area contributed by atoms with Gasteiger partial charge >= 0.3 is 0 Å². The summed E-state index contributed by atoms with van der Waals surface area (Å²) in [5, 5.41) is 1.43. The maximum Gasteiger partial charge on any atom is 0.256 e.